The smallest absolute Gasteiger partial charge is 0.269 e. The van der Waals surface area contributed by atoms with Crippen LogP contribution in [-0.4, -0.2) is 15.5 Å². The van der Waals surface area contributed by atoms with E-state index in [1.54, 1.807) is 6.92 Å². The van der Waals surface area contributed by atoms with Crippen molar-refractivity contribution in [1.82, 2.24) is 14.9 Å². The van der Waals surface area contributed by atoms with Crippen molar-refractivity contribution in [3.05, 3.63) is 51.7 Å². The number of carbonyl (C=O) groups is 1. The molecule has 5 heteroatoms. The van der Waals surface area contributed by atoms with Gasteiger partial charge in [0.1, 0.15) is 4.88 Å². The van der Waals surface area contributed by atoms with Crippen LogP contribution in [0.1, 0.15) is 26.5 Å². The van der Waals surface area contributed by atoms with Gasteiger partial charge in [0.15, 0.2) is 0 Å². The van der Waals surface area contributed by atoms with Crippen LogP contribution in [0.2, 0.25) is 0 Å². The van der Waals surface area contributed by atoms with Crippen LogP contribution < -0.4 is 5.32 Å². The average molecular weight is 257 g/mol. The normalized spacial score (nSPS) is 13.1. The molecular weight excluding hydrogens is 246 g/mol. The average Bonchev–Trinajstić information content (AvgIpc) is 2.94. The van der Waals surface area contributed by atoms with Gasteiger partial charge in [0.2, 0.25) is 0 Å². The van der Waals surface area contributed by atoms with Crippen molar-refractivity contribution in [1.29, 1.82) is 0 Å². The topological polar surface area (TPSA) is 54.9 Å². The molecule has 1 heterocycles. The first-order valence-corrected chi connectivity index (χ1v) is 6.40. The molecule has 1 aliphatic carbocycles. The van der Waals surface area contributed by atoms with Gasteiger partial charge in [-0.1, -0.05) is 28.8 Å². The summed E-state index contributed by atoms with van der Waals surface area (Å²) in [5.41, 5.74) is 4.02. The van der Waals surface area contributed by atoms with Crippen LogP contribution in [0.3, 0.4) is 0 Å². The van der Waals surface area contributed by atoms with E-state index in [-0.39, 0.29) is 5.91 Å². The van der Waals surface area contributed by atoms with Gasteiger partial charge in [-0.25, -0.2) is 0 Å². The summed E-state index contributed by atoms with van der Waals surface area (Å²) in [5, 5.41) is 6.76. The maximum Gasteiger partial charge on any atom is 0.269 e. The highest BCUT2D eigenvalue weighted by Crippen LogP contribution is 2.23. The second-order valence-electron chi connectivity index (χ2n) is 4.19. The van der Waals surface area contributed by atoms with E-state index < -0.39 is 0 Å². The van der Waals surface area contributed by atoms with Crippen LogP contribution in [-0.2, 0) is 6.42 Å². The maximum atomic E-state index is 12.0. The van der Waals surface area contributed by atoms with Gasteiger partial charge in [-0.05, 0) is 35.7 Å². The summed E-state index contributed by atoms with van der Waals surface area (Å²) in [6.45, 7) is 1.79. The third-order valence-electron chi connectivity index (χ3n) is 2.90. The first-order chi connectivity index (χ1) is 8.74. The number of aromatic nitrogens is 2. The summed E-state index contributed by atoms with van der Waals surface area (Å²) in [6, 6.07) is 8.13. The van der Waals surface area contributed by atoms with Crippen LogP contribution in [0.25, 0.3) is 6.08 Å². The molecule has 0 aliphatic heterocycles. The highest BCUT2D eigenvalue weighted by molar-refractivity contribution is 7.08. The van der Waals surface area contributed by atoms with E-state index in [1.165, 1.54) is 11.1 Å². The predicted molar refractivity (Wildman–Crippen MR) is 70.2 cm³/mol. The molecule has 4 nitrogen and oxygen atoms in total. The number of carbonyl (C=O) groups excluding carboxylic acids is 1. The Morgan fingerprint density at radius 3 is 2.94 bits per heavy atom. The van der Waals surface area contributed by atoms with E-state index in [9.17, 15) is 4.79 Å². The Bertz CT molecular complexity index is 645. The van der Waals surface area contributed by atoms with Crippen molar-refractivity contribution >= 4 is 23.5 Å². The first kappa shape index (κ1) is 11.1. The molecule has 18 heavy (non-hydrogen) atoms. The number of nitrogens with one attached hydrogen (secondary N) is 1. The van der Waals surface area contributed by atoms with Gasteiger partial charge in [0.05, 0.1) is 5.69 Å². The molecule has 0 saturated heterocycles. The van der Waals surface area contributed by atoms with Crippen molar-refractivity contribution < 1.29 is 4.79 Å². The molecule has 1 N–H and O–H groups in total. The quantitative estimate of drug-likeness (QED) is 0.897. The summed E-state index contributed by atoms with van der Waals surface area (Å²) in [7, 11) is 0. The van der Waals surface area contributed by atoms with Gasteiger partial charge in [0.25, 0.3) is 5.91 Å². The Hall–Kier alpha value is -2.01. The summed E-state index contributed by atoms with van der Waals surface area (Å²) >= 11 is 1.12. The molecule has 2 aromatic rings. The molecule has 0 radical (unpaired) electrons. The fourth-order valence-corrected chi connectivity index (χ4v) is 2.55. The minimum absolute atomic E-state index is 0.124. The zero-order valence-electron chi connectivity index (χ0n) is 9.80. The van der Waals surface area contributed by atoms with Gasteiger partial charge < -0.3 is 5.32 Å². The van der Waals surface area contributed by atoms with E-state index in [1.807, 2.05) is 24.3 Å². The zero-order chi connectivity index (χ0) is 12.5. The van der Waals surface area contributed by atoms with Gasteiger partial charge >= 0.3 is 0 Å². The molecule has 1 aliphatic rings. The molecule has 0 unspecified atom stereocenters. The number of fused-ring (bicyclic) bond motifs is 1. The van der Waals surface area contributed by atoms with Crippen LogP contribution in [0, 0.1) is 6.92 Å². The molecule has 1 aromatic heterocycles. The molecule has 1 aromatic carbocycles. The van der Waals surface area contributed by atoms with Crippen LogP contribution in [0.15, 0.2) is 30.0 Å². The van der Waals surface area contributed by atoms with E-state index in [0.29, 0.717) is 10.6 Å². The molecular formula is C13H11N3OS. The van der Waals surface area contributed by atoms with Gasteiger partial charge in [0, 0.05) is 12.1 Å². The fourth-order valence-electron chi connectivity index (χ4n) is 2.00. The van der Waals surface area contributed by atoms with Crippen molar-refractivity contribution in [3.63, 3.8) is 0 Å². The number of hydrogen-bond donors (Lipinski definition) is 1. The molecule has 90 valence electrons. The summed E-state index contributed by atoms with van der Waals surface area (Å²) in [4.78, 5) is 12.6. The van der Waals surface area contributed by atoms with Crippen LogP contribution in [0.4, 0.5) is 0 Å². The van der Waals surface area contributed by atoms with E-state index in [2.05, 4.69) is 21.0 Å². The molecule has 0 fully saturated rings. The van der Waals surface area contributed by atoms with Gasteiger partial charge in [-0.15, -0.1) is 5.10 Å². The van der Waals surface area contributed by atoms with Crippen molar-refractivity contribution in [2.45, 2.75) is 13.3 Å². The zero-order valence-corrected chi connectivity index (χ0v) is 10.6. The Kier molecular flexibility index (Phi) is 2.68. The molecule has 0 atom stereocenters. The molecule has 0 saturated carbocycles. The summed E-state index contributed by atoms with van der Waals surface area (Å²) in [6.07, 6.45) is 2.78. The standard InChI is InChI=1S/C13H11N3OS/c1-8-12(18-16-15-8)13(17)14-11-6-9-4-2-3-5-10(9)7-11/h2-6H,7H2,1H3,(H,14,17). The third-order valence-corrected chi connectivity index (χ3v) is 3.72. The van der Waals surface area contributed by atoms with Crippen molar-refractivity contribution in [2.24, 2.45) is 0 Å². The Balaban J connectivity index is 1.77. The van der Waals surface area contributed by atoms with E-state index in [4.69, 9.17) is 0 Å². The van der Waals surface area contributed by atoms with Crippen molar-refractivity contribution in [3.8, 4) is 0 Å². The van der Waals surface area contributed by atoms with Crippen LogP contribution >= 0.6 is 11.5 Å². The lowest BCUT2D eigenvalue weighted by Gasteiger charge is -2.03. The predicted octanol–water partition coefficient (Wildman–Crippen LogP) is 2.17. The first-order valence-electron chi connectivity index (χ1n) is 5.63. The Morgan fingerprint density at radius 1 is 1.39 bits per heavy atom. The number of allylic oxidation sites excluding steroid dienone is 1. The van der Waals surface area contributed by atoms with Crippen molar-refractivity contribution in [2.75, 3.05) is 0 Å². The lowest BCUT2D eigenvalue weighted by molar-refractivity contribution is 0.0969. The van der Waals surface area contributed by atoms with Gasteiger partial charge in [-0.2, -0.15) is 0 Å². The maximum absolute atomic E-state index is 12.0. The second kappa shape index (κ2) is 4.34. The minimum Gasteiger partial charge on any atom is -0.325 e. The van der Waals surface area contributed by atoms with E-state index >= 15 is 0 Å². The molecule has 0 bridgehead atoms. The lowest BCUT2D eigenvalue weighted by Crippen LogP contribution is -2.22. The fraction of sp³-hybridized carbons (Fsp3) is 0.154. The third kappa shape index (κ3) is 1.93. The monoisotopic (exact) mass is 257 g/mol. The number of rotatable bonds is 2. The SMILES string of the molecule is Cc1nnsc1C(=O)NC1=Cc2ccccc2C1. The second-order valence-corrected chi connectivity index (χ2v) is 4.94. The number of aryl methyl sites for hydroxylation is 1. The minimum atomic E-state index is -0.124. The summed E-state index contributed by atoms with van der Waals surface area (Å²) < 4.78 is 3.77. The Labute approximate surface area is 109 Å². The highest BCUT2D eigenvalue weighted by atomic mass is 32.1. The van der Waals surface area contributed by atoms with Crippen LogP contribution in [0.5, 0.6) is 0 Å². The largest absolute Gasteiger partial charge is 0.325 e. The number of amides is 1. The number of benzene rings is 1. The molecule has 0 spiro atoms. The summed E-state index contributed by atoms with van der Waals surface area (Å²) in [5.74, 6) is -0.124. The molecule has 3 rings (SSSR count). The highest BCUT2D eigenvalue weighted by Gasteiger charge is 2.17. The lowest BCUT2D eigenvalue weighted by atomic mass is 10.1. The molecule has 1 amide bonds. The van der Waals surface area contributed by atoms with Gasteiger partial charge in [-0.3, -0.25) is 4.79 Å². The number of nitrogens with zero attached hydrogens (tertiary/aromatic N) is 2. The Morgan fingerprint density at radius 2 is 2.22 bits per heavy atom. The van der Waals surface area contributed by atoms with E-state index in [0.717, 1.165) is 23.7 Å². The number of hydrogen-bond acceptors (Lipinski definition) is 4.